The van der Waals surface area contributed by atoms with Crippen molar-refractivity contribution in [3.63, 3.8) is 0 Å². The van der Waals surface area contributed by atoms with Crippen molar-refractivity contribution in [1.29, 1.82) is 0 Å². The maximum absolute atomic E-state index is 11.4. The minimum atomic E-state index is -0.584. The Morgan fingerprint density at radius 1 is 0.800 bits per heavy atom. The number of nitrogens with one attached hydrogen (secondary N) is 2. The summed E-state index contributed by atoms with van der Waals surface area (Å²) in [4.78, 5) is 44.5. The monoisotopic (exact) mass is 456 g/mol. The topological polar surface area (TPSA) is 129 Å². The second-order valence-corrected chi connectivity index (χ2v) is 6.63. The molecular formula is C19H40N2O8S. The van der Waals surface area contributed by atoms with Crippen LogP contribution in [0, 0.1) is 0 Å². The van der Waals surface area contributed by atoms with Crippen molar-refractivity contribution in [2.75, 3.05) is 51.0 Å². The number of alkyl carbamates (subject to hydrolysis) is 2. The molecule has 0 rings (SSSR count). The molecule has 0 radical (unpaired) electrons. The molecule has 0 saturated carbocycles. The molecule has 2 amide bonds. The number of ether oxygens (including phenoxy) is 4. The second kappa shape index (κ2) is 23.1. The first-order chi connectivity index (χ1) is 14.5. The van der Waals surface area contributed by atoms with Crippen molar-refractivity contribution in [2.24, 2.45) is 0 Å². The van der Waals surface area contributed by atoms with Gasteiger partial charge in [0.25, 0.3) is 0 Å². The third kappa shape index (κ3) is 23.9. The minimum Gasteiger partial charge on any atom is -0.464 e. The van der Waals surface area contributed by atoms with E-state index in [1.165, 1.54) is 18.7 Å². The van der Waals surface area contributed by atoms with E-state index in [-0.39, 0.29) is 48.3 Å². The molecule has 11 heteroatoms. The molecule has 0 aromatic carbocycles. The summed E-state index contributed by atoms with van der Waals surface area (Å²) in [7, 11) is 0. The predicted octanol–water partition coefficient (Wildman–Crippen LogP) is 2.99. The molecule has 30 heavy (non-hydrogen) atoms. The summed E-state index contributed by atoms with van der Waals surface area (Å²) in [5.74, 6) is 0.425. The highest BCUT2D eigenvalue weighted by molar-refractivity contribution is 7.99. The molecule has 0 aliphatic carbocycles. The van der Waals surface area contributed by atoms with Crippen LogP contribution in [0.3, 0.4) is 0 Å². The molecule has 0 spiro atoms. The number of carbonyl (C=O) groups excluding carboxylic acids is 4. The maximum Gasteiger partial charge on any atom is 0.407 e. The van der Waals surface area contributed by atoms with Gasteiger partial charge >= 0.3 is 24.1 Å². The van der Waals surface area contributed by atoms with Crippen LogP contribution < -0.4 is 10.6 Å². The van der Waals surface area contributed by atoms with Gasteiger partial charge in [0.15, 0.2) is 0 Å². The molecule has 0 aliphatic heterocycles. The van der Waals surface area contributed by atoms with Gasteiger partial charge < -0.3 is 29.6 Å². The van der Waals surface area contributed by atoms with E-state index in [1.807, 2.05) is 20.8 Å². The second-order valence-electron chi connectivity index (χ2n) is 5.40. The van der Waals surface area contributed by atoms with Crippen LogP contribution in [0.4, 0.5) is 9.59 Å². The Bertz CT molecular complexity index is 488. The number of hydrogen-bond donors (Lipinski definition) is 2. The zero-order valence-electron chi connectivity index (χ0n) is 18.5. The molecule has 0 aromatic heterocycles. The number of carbonyl (C=O) groups is 4. The smallest absolute Gasteiger partial charge is 0.407 e. The van der Waals surface area contributed by atoms with E-state index in [2.05, 4.69) is 15.4 Å². The number of rotatable bonds is 15. The molecule has 0 fully saturated rings. The zero-order valence-corrected chi connectivity index (χ0v) is 19.3. The number of esters is 2. The maximum atomic E-state index is 11.4. The van der Waals surface area contributed by atoms with Crippen LogP contribution in [0.5, 0.6) is 0 Å². The van der Waals surface area contributed by atoms with Crippen molar-refractivity contribution in [3.05, 3.63) is 0 Å². The SMILES string of the molecule is CC.CCCCC(=O)OCCNC(=O)OCCSCCOC(=O)NCCOC(C)=O.[HH].[HH]. The van der Waals surface area contributed by atoms with Gasteiger partial charge in [0, 0.05) is 27.7 Å². The summed E-state index contributed by atoms with van der Waals surface area (Å²) < 4.78 is 19.5. The van der Waals surface area contributed by atoms with Crippen LogP contribution in [0.1, 0.15) is 49.8 Å². The summed E-state index contributed by atoms with van der Waals surface area (Å²) in [6.07, 6.45) is 0.942. The summed E-state index contributed by atoms with van der Waals surface area (Å²) >= 11 is 1.46. The molecule has 10 nitrogen and oxygen atoms in total. The average molecular weight is 457 g/mol. The van der Waals surface area contributed by atoms with Gasteiger partial charge in [0.2, 0.25) is 0 Å². The van der Waals surface area contributed by atoms with Crippen molar-refractivity contribution in [1.82, 2.24) is 10.6 Å². The highest BCUT2D eigenvalue weighted by Crippen LogP contribution is 2.00. The third-order valence-corrected chi connectivity index (χ3v) is 3.88. The van der Waals surface area contributed by atoms with Crippen LogP contribution in [-0.4, -0.2) is 75.1 Å². The number of hydrogen-bond acceptors (Lipinski definition) is 9. The lowest BCUT2D eigenvalue weighted by Crippen LogP contribution is -2.29. The summed E-state index contributed by atoms with van der Waals surface area (Å²) in [6, 6.07) is 0. The quantitative estimate of drug-likeness (QED) is 0.217. The lowest BCUT2D eigenvalue weighted by molar-refractivity contribution is -0.143. The number of amides is 2. The lowest BCUT2D eigenvalue weighted by atomic mass is 10.2. The van der Waals surface area contributed by atoms with Gasteiger partial charge in [0.05, 0.1) is 13.1 Å². The highest BCUT2D eigenvalue weighted by Gasteiger charge is 2.05. The Balaban J connectivity index is -0.000000950. The highest BCUT2D eigenvalue weighted by atomic mass is 32.2. The van der Waals surface area contributed by atoms with Gasteiger partial charge in [0.1, 0.15) is 26.4 Å². The molecule has 0 aromatic rings. The van der Waals surface area contributed by atoms with E-state index < -0.39 is 18.2 Å². The fraction of sp³-hybridized carbons (Fsp3) is 0.789. The van der Waals surface area contributed by atoms with E-state index in [9.17, 15) is 19.2 Å². The first-order valence-corrected chi connectivity index (χ1v) is 11.3. The van der Waals surface area contributed by atoms with E-state index in [0.29, 0.717) is 17.9 Å². The van der Waals surface area contributed by atoms with Crippen LogP contribution in [0.25, 0.3) is 0 Å². The van der Waals surface area contributed by atoms with Crippen LogP contribution in [0.2, 0.25) is 0 Å². The zero-order chi connectivity index (χ0) is 23.0. The molecule has 0 heterocycles. The Morgan fingerprint density at radius 3 is 1.77 bits per heavy atom. The van der Waals surface area contributed by atoms with Gasteiger partial charge in [-0.05, 0) is 6.42 Å². The van der Waals surface area contributed by atoms with E-state index in [0.717, 1.165) is 12.8 Å². The fourth-order valence-corrected chi connectivity index (χ4v) is 2.26. The van der Waals surface area contributed by atoms with E-state index >= 15 is 0 Å². The molecule has 0 saturated heterocycles. The van der Waals surface area contributed by atoms with E-state index in [1.54, 1.807) is 0 Å². The van der Waals surface area contributed by atoms with Gasteiger partial charge in [-0.3, -0.25) is 9.59 Å². The van der Waals surface area contributed by atoms with Crippen molar-refractivity contribution >= 4 is 35.9 Å². The van der Waals surface area contributed by atoms with Crippen LogP contribution >= 0.6 is 11.8 Å². The van der Waals surface area contributed by atoms with Gasteiger partial charge in [-0.25, -0.2) is 9.59 Å². The first-order valence-electron chi connectivity index (χ1n) is 10.1. The van der Waals surface area contributed by atoms with Crippen molar-refractivity contribution < 1.29 is 41.0 Å². The predicted molar refractivity (Wildman–Crippen MR) is 119 cm³/mol. The van der Waals surface area contributed by atoms with Crippen molar-refractivity contribution in [2.45, 2.75) is 47.0 Å². The molecule has 2 N–H and O–H groups in total. The Kier molecular flexibility index (Phi) is 23.1. The number of unbranched alkanes of at least 4 members (excludes halogenated alkanes) is 1. The summed E-state index contributed by atoms with van der Waals surface area (Å²) in [5.41, 5.74) is 0. The van der Waals surface area contributed by atoms with Crippen molar-refractivity contribution in [3.8, 4) is 0 Å². The Hall–Kier alpha value is -2.17. The first kappa shape index (κ1) is 30.0. The average Bonchev–Trinajstić information content (AvgIpc) is 2.73. The molecular weight excluding hydrogens is 416 g/mol. The Morgan fingerprint density at radius 2 is 1.30 bits per heavy atom. The van der Waals surface area contributed by atoms with Gasteiger partial charge in [-0.2, -0.15) is 11.8 Å². The number of thioether (sulfide) groups is 1. The molecule has 0 atom stereocenters. The van der Waals surface area contributed by atoms with E-state index in [4.69, 9.17) is 14.2 Å². The molecule has 0 unspecified atom stereocenters. The third-order valence-electron chi connectivity index (χ3n) is 2.97. The lowest BCUT2D eigenvalue weighted by Gasteiger charge is -2.08. The molecule has 0 aliphatic rings. The fourth-order valence-electron chi connectivity index (χ4n) is 1.65. The summed E-state index contributed by atoms with van der Waals surface area (Å²) in [5, 5.41) is 4.93. The van der Waals surface area contributed by atoms with Gasteiger partial charge in [-0.15, -0.1) is 0 Å². The summed E-state index contributed by atoms with van der Waals surface area (Å²) in [6.45, 7) is 8.29. The minimum absolute atomic E-state index is 0. The van der Waals surface area contributed by atoms with Crippen LogP contribution in [-0.2, 0) is 28.5 Å². The van der Waals surface area contributed by atoms with Crippen LogP contribution in [0.15, 0.2) is 0 Å². The molecule has 180 valence electrons. The van der Waals surface area contributed by atoms with Gasteiger partial charge in [-0.1, -0.05) is 27.2 Å². The largest absolute Gasteiger partial charge is 0.464 e. The molecule has 0 bridgehead atoms. The standard InChI is InChI=1S/C17H30N2O8S.C2H6.2H2/c1-3-4-5-15(21)25-9-7-19-17(23)27-11-13-28-12-10-26-16(22)18-6-8-24-14(2)20;1-2;;/h3-13H2,1-2H3,(H,18,22)(H,19,23);1-2H3;2*1H. The normalized spacial score (nSPS) is 9.47. The Labute approximate surface area is 186 Å².